The van der Waals surface area contributed by atoms with Crippen molar-refractivity contribution in [2.24, 2.45) is 0 Å². The third-order valence-corrected chi connectivity index (χ3v) is 4.95. The lowest BCUT2D eigenvalue weighted by Crippen LogP contribution is -2.22. The molecule has 2 aromatic rings. The number of rotatable bonds is 5. The van der Waals surface area contributed by atoms with Crippen LogP contribution in [0.5, 0.6) is 0 Å². The van der Waals surface area contributed by atoms with Crippen LogP contribution in [-0.2, 0) is 6.54 Å². The van der Waals surface area contributed by atoms with Crippen LogP contribution < -0.4 is 5.32 Å². The van der Waals surface area contributed by atoms with E-state index in [2.05, 4.69) is 57.3 Å². The number of aryl methyl sites for hydroxylation is 2. The maximum absolute atomic E-state index is 6.39. The van der Waals surface area contributed by atoms with Gasteiger partial charge in [-0.15, -0.1) is 0 Å². The second-order valence-corrected chi connectivity index (χ2v) is 7.11. The molecule has 0 fully saturated rings. The molecule has 2 aromatic carbocycles. The highest BCUT2D eigenvalue weighted by atomic mass is 35.5. The zero-order valence-electron chi connectivity index (χ0n) is 13.0. The maximum atomic E-state index is 6.39. The molecule has 0 radical (unpaired) electrons. The standard InChI is InChI=1S/C18H22ClNS/c1-12(2)20-11-15-16(19)6-5-7-18(15)21-17-9-8-13(3)10-14(17)4/h5-10,12,20H,11H2,1-4H3. The minimum atomic E-state index is 0.445. The summed E-state index contributed by atoms with van der Waals surface area (Å²) in [4.78, 5) is 2.51. The van der Waals surface area contributed by atoms with Gasteiger partial charge in [0.15, 0.2) is 0 Å². The summed E-state index contributed by atoms with van der Waals surface area (Å²) in [5, 5.41) is 4.29. The molecule has 0 unspecified atom stereocenters. The van der Waals surface area contributed by atoms with Crippen LogP contribution >= 0.6 is 23.4 Å². The van der Waals surface area contributed by atoms with E-state index in [0.29, 0.717) is 6.04 Å². The van der Waals surface area contributed by atoms with Gasteiger partial charge >= 0.3 is 0 Å². The first kappa shape index (κ1) is 16.4. The van der Waals surface area contributed by atoms with E-state index >= 15 is 0 Å². The molecule has 112 valence electrons. The predicted molar refractivity (Wildman–Crippen MR) is 93.5 cm³/mol. The Morgan fingerprint density at radius 1 is 1.10 bits per heavy atom. The summed E-state index contributed by atoms with van der Waals surface area (Å²) in [6.07, 6.45) is 0. The van der Waals surface area contributed by atoms with Crippen LogP contribution in [0, 0.1) is 13.8 Å². The van der Waals surface area contributed by atoms with Gasteiger partial charge in [-0.1, -0.05) is 61.0 Å². The highest BCUT2D eigenvalue weighted by molar-refractivity contribution is 7.99. The third kappa shape index (κ3) is 4.50. The number of halogens is 1. The van der Waals surface area contributed by atoms with Gasteiger partial charge in [-0.3, -0.25) is 0 Å². The first-order valence-electron chi connectivity index (χ1n) is 7.23. The van der Waals surface area contributed by atoms with Crippen molar-refractivity contribution in [2.75, 3.05) is 0 Å². The zero-order chi connectivity index (χ0) is 15.4. The molecule has 0 aliphatic carbocycles. The van der Waals surface area contributed by atoms with E-state index in [1.807, 2.05) is 12.1 Å². The van der Waals surface area contributed by atoms with E-state index in [1.54, 1.807) is 11.8 Å². The Kier molecular flexibility index (Phi) is 5.74. The average Bonchev–Trinajstić information content (AvgIpc) is 2.41. The van der Waals surface area contributed by atoms with Gasteiger partial charge in [-0.2, -0.15) is 0 Å². The monoisotopic (exact) mass is 319 g/mol. The molecule has 3 heteroatoms. The molecule has 0 bridgehead atoms. The normalized spacial score (nSPS) is 11.1. The Balaban J connectivity index is 2.28. The number of hydrogen-bond donors (Lipinski definition) is 1. The van der Waals surface area contributed by atoms with E-state index in [4.69, 9.17) is 11.6 Å². The van der Waals surface area contributed by atoms with Crippen molar-refractivity contribution >= 4 is 23.4 Å². The van der Waals surface area contributed by atoms with Gasteiger partial charge in [0, 0.05) is 27.4 Å². The minimum Gasteiger partial charge on any atom is -0.310 e. The van der Waals surface area contributed by atoms with Crippen LogP contribution in [-0.4, -0.2) is 6.04 Å². The Bertz CT molecular complexity index is 623. The molecule has 0 amide bonds. The van der Waals surface area contributed by atoms with E-state index in [9.17, 15) is 0 Å². The lowest BCUT2D eigenvalue weighted by Gasteiger charge is -2.15. The van der Waals surface area contributed by atoms with Crippen molar-refractivity contribution in [1.82, 2.24) is 5.32 Å². The second-order valence-electron chi connectivity index (χ2n) is 5.62. The number of benzene rings is 2. The molecule has 0 spiro atoms. The third-order valence-electron chi connectivity index (χ3n) is 3.31. The average molecular weight is 320 g/mol. The molecule has 0 aromatic heterocycles. The van der Waals surface area contributed by atoms with Crippen LogP contribution in [0.1, 0.15) is 30.5 Å². The minimum absolute atomic E-state index is 0.445. The quantitative estimate of drug-likeness (QED) is 0.769. The van der Waals surface area contributed by atoms with Crippen molar-refractivity contribution < 1.29 is 0 Å². The summed E-state index contributed by atoms with van der Waals surface area (Å²) in [5.74, 6) is 0. The number of hydrogen-bond acceptors (Lipinski definition) is 2. The topological polar surface area (TPSA) is 12.0 Å². The van der Waals surface area contributed by atoms with Crippen LogP contribution in [0.4, 0.5) is 0 Å². The molecule has 0 aliphatic rings. The van der Waals surface area contributed by atoms with E-state index in [1.165, 1.54) is 26.5 Å². The molecular formula is C18H22ClNS. The van der Waals surface area contributed by atoms with Gasteiger partial charge in [0.25, 0.3) is 0 Å². The van der Waals surface area contributed by atoms with Crippen LogP contribution in [0.2, 0.25) is 5.02 Å². The maximum Gasteiger partial charge on any atom is 0.0462 e. The van der Waals surface area contributed by atoms with E-state index in [0.717, 1.165) is 11.6 Å². The smallest absolute Gasteiger partial charge is 0.0462 e. The largest absolute Gasteiger partial charge is 0.310 e. The van der Waals surface area contributed by atoms with Crippen LogP contribution in [0.15, 0.2) is 46.2 Å². The SMILES string of the molecule is Cc1ccc(Sc2cccc(Cl)c2CNC(C)C)c(C)c1. The first-order valence-corrected chi connectivity index (χ1v) is 8.42. The summed E-state index contributed by atoms with van der Waals surface area (Å²) in [6, 6.07) is 13.1. The van der Waals surface area contributed by atoms with Crippen LogP contribution in [0.3, 0.4) is 0 Å². The van der Waals surface area contributed by atoms with Gasteiger partial charge in [0.05, 0.1) is 0 Å². The van der Waals surface area contributed by atoms with Gasteiger partial charge in [-0.05, 0) is 43.2 Å². The molecule has 21 heavy (non-hydrogen) atoms. The molecular weight excluding hydrogens is 298 g/mol. The van der Waals surface area contributed by atoms with E-state index in [-0.39, 0.29) is 0 Å². The van der Waals surface area contributed by atoms with Crippen LogP contribution in [0.25, 0.3) is 0 Å². The molecule has 0 aliphatic heterocycles. The molecule has 0 atom stereocenters. The Morgan fingerprint density at radius 3 is 2.52 bits per heavy atom. The van der Waals surface area contributed by atoms with Gasteiger partial charge in [0.2, 0.25) is 0 Å². The van der Waals surface area contributed by atoms with Crippen molar-refractivity contribution in [3.63, 3.8) is 0 Å². The van der Waals surface area contributed by atoms with Crippen molar-refractivity contribution in [3.8, 4) is 0 Å². The fourth-order valence-electron chi connectivity index (χ4n) is 2.14. The highest BCUT2D eigenvalue weighted by Gasteiger charge is 2.10. The lowest BCUT2D eigenvalue weighted by molar-refractivity contribution is 0.585. The molecule has 1 nitrogen and oxygen atoms in total. The van der Waals surface area contributed by atoms with E-state index < -0.39 is 0 Å². The fourth-order valence-corrected chi connectivity index (χ4v) is 3.49. The van der Waals surface area contributed by atoms with Gasteiger partial charge < -0.3 is 5.32 Å². The summed E-state index contributed by atoms with van der Waals surface area (Å²) in [7, 11) is 0. The Morgan fingerprint density at radius 2 is 1.86 bits per heavy atom. The fraction of sp³-hybridized carbons (Fsp3) is 0.333. The van der Waals surface area contributed by atoms with Gasteiger partial charge in [-0.25, -0.2) is 0 Å². The molecule has 1 N–H and O–H groups in total. The lowest BCUT2D eigenvalue weighted by atomic mass is 10.2. The summed E-state index contributed by atoms with van der Waals surface area (Å²) in [5.41, 5.74) is 3.78. The highest BCUT2D eigenvalue weighted by Crippen LogP contribution is 2.35. The molecule has 2 rings (SSSR count). The number of nitrogens with one attached hydrogen (secondary N) is 1. The second kappa shape index (κ2) is 7.35. The van der Waals surface area contributed by atoms with Gasteiger partial charge in [0.1, 0.15) is 0 Å². The summed E-state index contributed by atoms with van der Waals surface area (Å²) in [6.45, 7) is 9.37. The molecule has 0 saturated heterocycles. The molecule has 0 heterocycles. The summed E-state index contributed by atoms with van der Waals surface area (Å²) >= 11 is 8.18. The predicted octanol–water partition coefficient (Wildman–Crippen LogP) is 5.61. The first-order chi connectivity index (χ1) is 9.97. The molecule has 0 saturated carbocycles. The Hall–Kier alpha value is -0.960. The summed E-state index contributed by atoms with van der Waals surface area (Å²) < 4.78 is 0. The zero-order valence-corrected chi connectivity index (χ0v) is 14.6. The van der Waals surface area contributed by atoms with Crippen molar-refractivity contribution in [2.45, 2.75) is 50.1 Å². The van der Waals surface area contributed by atoms with Crippen molar-refractivity contribution in [3.05, 3.63) is 58.1 Å². The van der Waals surface area contributed by atoms with Crippen molar-refractivity contribution in [1.29, 1.82) is 0 Å². The Labute approximate surface area is 137 Å².